The highest BCUT2D eigenvalue weighted by atomic mass is 16.5. The summed E-state index contributed by atoms with van der Waals surface area (Å²) < 4.78 is 5.52. The van der Waals surface area contributed by atoms with E-state index >= 15 is 0 Å². The topological polar surface area (TPSA) is 59.1 Å². The van der Waals surface area contributed by atoms with Crippen LogP contribution in [0.4, 0.5) is 0 Å². The Morgan fingerprint density at radius 1 is 1.58 bits per heavy atom. The molecule has 0 radical (unpaired) electrons. The van der Waals surface area contributed by atoms with Gasteiger partial charge in [-0.05, 0) is 26.7 Å². The van der Waals surface area contributed by atoms with Gasteiger partial charge < -0.3 is 10.5 Å². The van der Waals surface area contributed by atoms with E-state index in [9.17, 15) is 0 Å². The Labute approximate surface area is 73.8 Å². The molecule has 1 aliphatic carbocycles. The lowest BCUT2D eigenvalue weighted by Gasteiger charge is -2.16. The summed E-state index contributed by atoms with van der Waals surface area (Å²) in [6.07, 6.45) is 3.33. The summed E-state index contributed by atoms with van der Waals surface area (Å²) >= 11 is 0. The van der Waals surface area contributed by atoms with Gasteiger partial charge in [0.1, 0.15) is 0 Å². The number of amidine groups is 1. The predicted octanol–water partition coefficient (Wildman–Crippen LogP) is 1.52. The van der Waals surface area contributed by atoms with E-state index in [0.717, 1.165) is 6.61 Å². The van der Waals surface area contributed by atoms with Gasteiger partial charge in [-0.15, -0.1) is 0 Å². The first-order valence-electron chi connectivity index (χ1n) is 4.49. The lowest BCUT2D eigenvalue weighted by atomic mass is 10.0. The number of nitrogens with two attached hydrogens (primary N) is 1. The van der Waals surface area contributed by atoms with Crippen LogP contribution in [-0.4, -0.2) is 18.5 Å². The first-order valence-corrected chi connectivity index (χ1v) is 4.49. The normalized spacial score (nSPS) is 19.6. The van der Waals surface area contributed by atoms with E-state index in [2.05, 4.69) is 0 Å². The third kappa shape index (κ3) is 2.81. The summed E-state index contributed by atoms with van der Waals surface area (Å²) in [5.41, 5.74) is 5.58. The largest absolute Gasteiger partial charge is 0.388 e. The third-order valence-electron chi connectivity index (χ3n) is 2.25. The SMILES string of the molecule is CC(C)OCC1(CC(=N)N)CC1. The molecule has 0 heterocycles. The van der Waals surface area contributed by atoms with Crippen LogP contribution >= 0.6 is 0 Å². The average Bonchev–Trinajstić information content (AvgIpc) is 2.64. The summed E-state index contributed by atoms with van der Waals surface area (Å²) in [7, 11) is 0. The molecule has 0 saturated heterocycles. The number of hydrogen-bond donors (Lipinski definition) is 2. The molecule has 1 saturated carbocycles. The van der Waals surface area contributed by atoms with Gasteiger partial charge >= 0.3 is 0 Å². The summed E-state index contributed by atoms with van der Waals surface area (Å²) in [5, 5.41) is 7.20. The van der Waals surface area contributed by atoms with Crippen LogP contribution < -0.4 is 5.73 Å². The fourth-order valence-electron chi connectivity index (χ4n) is 1.30. The van der Waals surface area contributed by atoms with Crippen molar-refractivity contribution in [1.29, 1.82) is 5.41 Å². The van der Waals surface area contributed by atoms with Crippen LogP contribution in [0.5, 0.6) is 0 Å². The first-order chi connectivity index (χ1) is 5.54. The van der Waals surface area contributed by atoms with Crippen molar-refractivity contribution < 1.29 is 4.74 Å². The lowest BCUT2D eigenvalue weighted by Crippen LogP contribution is -2.22. The molecule has 3 N–H and O–H groups in total. The second-order valence-corrected chi connectivity index (χ2v) is 4.06. The molecule has 0 bridgehead atoms. The van der Waals surface area contributed by atoms with E-state index in [1.54, 1.807) is 0 Å². The van der Waals surface area contributed by atoms with Gasteiger partial charge in [-0.25, -0.2) is 0 Å². The van der Waals surface area contributed by atoms with Gasteiger partial charge in [-0.2, -0.15) is 0 Å². The maximum absolute atomic E-state index is 7.20. The maximum atomic E-state index is 7.20. The van der Waals surface area contributed by atoms with E-state index in [1.165, 1.54) is 12.8 Å². The zero-order valence-electron chi connectivity index (χ0n) is 7.89. The third-order valence-corrected chi connectivity index (χ3v) is 2.25. The number of rotatable bonds is 5. The molecule has 1 aliphatic rings. The molecular weight excluding hydrogens is 152 g/mol. The van der Waals surface area contributed by atoms with Crippen LogP contribution in [0.2, 0.25) is 0 Å². The zero-order valence-corrected chi connectivity index (χ0v) is 7.89. The van der Waals surface area contributed by atoms with Gasteiger partial charge in [0.25, 0.3) is 0 Å². The lowest BCUT2D eigenvalue weighted by molar-refractivity contribution is 0.0452. The molecule has 0 aromatic carbocycles. The quantitative estimate of drug-likeness (QED) is 0.485. The van der Waals surface area contributed by atoms with Crippen LogP contribution in [0.1, 0.15) is 33.1 Å². The number of hydrogen-bond acceptors (Lipinski definition) is 2. The van der Waals surface area contributed by atoms with E-state index < -0.39 is 0 Å². The van der Waals surface area contributed by atoms with Gasteiger partial charge in [0.05, 0.1) is 18.5 Å². The molecule has 70 valence electrons. The highest BCUT2D eigenvalue weighted by molar-refractivity contribution is 5.78. The van der Waals surface area contributed by atoms with Crippen molar-refractivity contribution in [3.05, 3.63) is 0 Å². The molecule has 0 atom stereocenters. The van der Waals surface area contributed by atoms with Crippen molar-refractivity contribution in [1.82, 2.24) is 0 Å². The summed E-state index contributed by atoms with van der Waals surface area (Å²) in [4.78, 5) is 0. The average molecular weight is 170 g/mol. The molecule has 1 rings (SSSR count). The van der Waals surface area contributed by atoms with Crippen molar-refractivity contribution in [2.24, 2.45) is 11.1 Å². The van der Waals surface area contributed by atoms with Gasteiger partial charge in [-0.1, -0.05) is 0 Å². The minimum Gasteiger partial charge on any atom is -0.388 e. The Hall–Kier alpha value is -0.570. The molecule has 12 heavy (non-hydrogen) atoms. The smallest absolute Gasteiger partial charge is 0.0911 e. The number of nitrogens with one attached hydrogen (secondary N) is 1. The molecule has 0 aliphatic heterocycles. The Morgan fingerprint density at radius 3 is 2.50 bits per heavy atom. The summed E-state index contributed by atoms with van der Waals surface area (Å²) in [6, 6.07) is 0. The van der Waals surface area contributed by atoms with Gasteiger partial charge in [-0.3, -0.25) is 5.41 Å². The molecule has 3 nitrogen and oxygen atoms in total. The molecule has 0 spiro atoms. The fourth-order valence-corrected chi connectivity index (χ4v) is 1.30. The van der Waals surface area contributed by atoms with Crippen LogP contribution in [0.25, 0.3) is 0 Å². The van der Waals surface area contributed by atoms with E-state index in [0.29, 0.717) is 12.3 Å². The highest BCUT2D eigenvalue weighted by Gasteiger charge is 2.43. The molecule has 0 amide bonds. The Bertz CT molecular complexity index is 173. The highest BCUT2D eigenvalue weighted by Crippen LogP contribution is 2.48. The zero-order chi connectivity index (χ0) is 9.19. The van der Waals surface area contributed by atoms with Crippen LogP contribution in [0, 0.1) is 10.8 Å². The Balaban J connectivity index is 2.25. The predicted molar refractivity (Wildman–Crippen MR) is 49.3 cm³/mol. The maximum Gasteiger partial charge on any atom is 0.0911 e. The minimum atomic E-state index is 0.232. The molecular formula is C9H18N2O. The van der Waals surface area contributed by atoms with Gasteiger partial charge in [0.15, 0.2) is 0 Å². The second kappa shape index (κ2) is 3.44. The second-order valence-electron chi connectivity index (χ2n) is 4.06. The molecule has 0 unspecified atom stereocenters. The molecule has 3 heteroatoms. The van der Waals surface area contributed by atoms with Crippen molar-refractivity contribution in [2.75, 3.05) is 6.61 Å². The first kappa shape index (κ1) is 9.52. The van der Waals surface area contributed by atoms with E-state index in [-0.39, 0.29) is 11.5 Å². The van der Waals surface area contributed by atoms with Crippen molar-refractivity contribution in [3.8, 4) is 0 Å². The standard InChI is InChI=1S/C9H18N2O/c1-7(2)12-6-9(3-4-9)5-8(10)11/h7H,3-6H2,1-2H3,(H3,10,11). The van der Waals surface area contributed by atoms with Crippen LogP contribution in [-0.2, 0) is 4.74 Å². The Kier molecular flexibility index (Phi) is 2.73. The van der Waals surface area contributed by atoms with E-state index in [4.69, 9.17) is 15.9 Å². The van der Waals surface area contributed by atoms with Crippen LogP contribution in [0.3, 0.4) is 0 Å². The monoisotopic (exact) mass is 170 g/mol. The number of ether oxygens (including phenoxy) is 1. The minimum absolute atomic E-state index is 0.232. The Morgan fingerprint density at radius 2 is 2.17 bits per heavy atom. The molecule has 0 aromatic rings. The fraction of sp³-hybridized carbons (Fsp3) is 0.889. The molecule has 0 aromatic heterocycles. The van der Waals surface area contributed by atoms with Crippen molar-refractivity contribution in [2.45, 2.75) is 39.2 Å². The van der Waals surface area contributed by atoms with Gasteiger partial charge in [0.2, 0.25) is 0 Å². The van der Waals surface area contributed by atoms with Crippen molar-refractivity contribution >= 4 is 5.84 Å². The van der Waals surface area contributed by atoms with Crippen LogP contribution in [0.15, 0.2) is 0 Å². The van der Waals surface area contributed by atoms with Crippen molar-refractivity contribution in [3.63, 3.8) is 0 Å². The summed E-state index contributed by atoms with van der Waals surface area (Å²) in [6.45, 7) is 4.83. The summed E-state index contributed by atoms with van der Waals surface area (Å²) in [5.74, 6) is 0.292. The van der Waals surface area contributed by atoms with E-state index in [1.807, 2.05) is 13.8 Å². The molecule has 1 fully saturated rings. The van der Waals surface area contributed by atoms with Gasteiger partial charge in [0, 0.05) is 11.8 Å².